The highest BCUT2D eigenvalue weighted by Crippen LogP contribution is 2.27. The largest absolute Gasteiger partial charge is 0.483 e. The fourth-order valence-electron chi connectivity index (χ4n) is 1.97. The number of hydrogen-bond acceptors (Lipinski definition) is 3. The quantitative estimate of drug-likeness (QED) is 0.799. The number of rotatable bonds is 7. The number of halogens is 1. The van der Waals surface area contributed by atoms with Crippen LogP contribution in [0.3, 0.4) is 0 Å². The summed E-state index contributed by atoms with van der Waals surface area (Å²) in [5.41, 5.74) is 6.79. The first-order chi connectivity index (χ1) is 9.43. The van der Waals surface area contributed by atoms with Crippen molar-refractivity contribution in [2.24, 2.45) is 5.73 Å². The highest BCUT2D eigenvalue weighted by molar-refractivity contribution is 9.10. The molecule has 0 aromatic heterocycles. The van der Waals surface area contributed by atoms with Gasteiger partial charge in [0.25, 0.3) is 5.91 Å². The van der Waals surface area contributed by atoms with Crippen LogP contribution >= 0.6 is 15.9 Å². The lowest BCUT2D eigenvalue weighted by Gasteiger charge is -2.16. The molecule has 1 rings (SSSR count). The summed E-state index contributed by atoms with van der Waals surface area (Å²) in [6.45, 7) is 5.98. The van der Waals surface area contributed by atoms with Crippen LogP contribution in [0.5, 0.6) is 5.75 Å². The van der Waals surface area contributed by atoms with Crippen molar-refractivity contribution in [1.29, 1.82) is 0 Å². The van der Waals surface area contributed by atoms with Gasteiger partial charge in [0.05, 0.1) is 0 Å². The van der Waals surface area contributed by atoms with E-state index >= 15 is 0 Å². The van der Waals surface area contributed by atoms with Gasteiger partial charge in [0.2, 0.25) is 0 Å². The fraction of sp³-hybridized carbons (Fsp3) is 0.533. The van der Waals surface area contributed by atoms with Gasteiger partial charge in [0, 0.05) is 22.1 Å². The van der Waals surface area contributed by atoms with Crippen molar-refractivity contribution < 1.29 is 9.53 Å². The Bertz CT molecular complexity index is 449. The number of hydrogen-bond donors (Lipinski definition) is 2. The van der Waals surface area contributed by atoms with Crippen LogP contribution < -0.4 is 15.8 Å². The molecule has 5 heteroatoms. The van der Waals surface area contributed by atoms with Crippen molar-refractivity contribution in [1.82, 2.24) is 5.32 Å². The van der Waals surface area contributed by atoms with Gasteiger partial charge >= 0.3 is 0 Å². The third-order valence-corrected chi connectivity index (χ3v) is 3.45. The molecule has 1 aromatic rings. The number of carbonyl (C=O) groups is 1. The molecule has 0 aliphatic rings. The highest BCUT2D eigenvalue weighted by atomic mass is 79.9. The lowest BCUT2D eigenvalue weighted by Crippen LogP contribution is -2.36. The monoisotopic (exact) mass is 342 g/mol. The summed E-state index contributed by atoms with van der Waals surface area (Å²) in [7, 11) is 0. The predicted octanol–water partition coefficient (Wildman–Crippen LogP) is 3.15. The van der Waals surface area contributed by atoms with Gasteiger partial charge in [0.15, 0.2) is 6.61 Å². The van der Waals surface area contributed by atoms with E-state index in [-0.39, 0.29) is 24.6 Å². The van der Waals surface area contributed by atoms with E-state index in [0.717, 1.165) is 22.9 Å². The van der Waals surface area contributed by atoms with Crippen LogP contribution in [0.4, 0.5) is 0 Å². The van der Waals surface area contributed by atoms with Crippen molar-refractivity contribution in [2.45, 2.75) is 45.7 Å². The third-order valence-electron chi connectivity index (χ3n) is 2.95. The number of ether oxygens (including phenoxy) is 1. The Hall–Kier alpha value is -1.07. The van der Waals surface area contributed by atoms with Gasteiger partial charge in [-0.25, -0.2) is 0 Å². The Morgan fingerprint density at radius 3 is 2.75 bits per heavy atom. The second kappa shape index (κ2) is 8.27. The first-order valence-electron chi connectivity index (χ1n) is 6.91. The van der Waals surface area contributed by atoms with E-state index in [1.54, 1.807) is 0 Å². The Balaban J connectivity index is 2.61. The molecule has 1 aromatic carbocycles. The minimum Gasteiger partial charge on any atom is -0.483 e. The van der Waals surface area contributed by atoms with E-state index in [0.29, 0.717) is 5.75 Å². The Morgan fingerprint density at radius 2 is 2.15 bits per heavy atom. The standard InChI is InChI=1S/C15H23BrN2O2/c1-4-5-10(2)18-15(19)9-20-14-8-12(16)6-7-13(14)11(3)17/h6-8,10-11H,4-5,9,17H2,1-3H3,(H,18,19)/t10?,11-/m1/s1. The van der Waals surface area contributed by atoms with Crippen LogP contribution in [0, 0.1) is 0 Å². The Labute approximate surface area is 129 Å². The zero-order chi connectivity index (χ0) is 15.1. The average Bonchev–Trinajstić information content (AvgIpc) is 2.36. The smallest absolute Gasteiger partial charge is 0.258 e. The number of nitrogens with two attached hydrogens (primary N) is 1. The number of benzene rings is 1. The molecule has 1 amide bonds. The molecule has 0 bridgehead atoms. The molecule has 1 unspecified atom stereocenters. The summed E-state index contributed by atoms with van der Waals surface area (Å²) in [6.07, 6.45) is 2.01. The van der Waals surface area contributed by atoms with Crippen molar-refractivity contribution in [3.8, 4) is 5.75 Å². The second-order valence-electron chi connectivity index (χ2n) is 5.02. The van der Waals surface area contributed by atoms with Gasteiger partial charge in [-0.15, -0.1) is 0 Å². The average molecular weight is 343 g/mol. The first kappa shape index (κ1) is 17.0. The molecule has 4 nitrogen and oxygen atoms in total. The normalized spacial score (nSPS) is 13.7. The van der Waals surface area contributed by atoms with Crippen LogP contribution in [0.2, 0.25) is 0 Å². The van der Waals surface area contributed by atoms with Crippen molar-refractivity contribution in [2.75, 3.05) is 6.61 Å². The zero-order valence-corrected chi connectivity index (χ0v) is 13.9. The Morgan fingerprint density at radius 1 is 1.45 bits per heavy atom. The van der Waals surface area contributed by atoms with Crippen LogP contribution in [0.1, 0.15) is 45.2 Å². The number of carbonyl (C=O) groups excluding carboxylic acids is 1. The van der Waals surface area contributed by atoms with Crippen LogP contribution in [0.25, 0.3) is 0 Å². The summed E-state index contributed by atoms with van der Waals surface area (Å²) in [6, 6.07) is 5.68. The lowest BCUT2D eigenvalue weighted by atomic mass is 10.1. The molecule has 20 heavy (non-hydrogen) atoms. The van der Waals surface area contributed by atoms with E-state index in [9.17, 15) is 4.79 Å². The van der Waals surface area contributed by atoms with Gasteiger partial charge in [0.1, 0.15) is 5.75 Å². The maximum Gasteiger partial charge on any atom is 0.258 e. The van der Waals surface area contributed by atoms with Crippen LogP contribution in [-0.4, -0.2) is 18.6 Å². The predicted molar refractivity (Wildman–Crippen MR) is 84.8 cm³/mol. The number of amides is 1. The molecule has 0 fully saturated rings. The summed E-state index contributed by atoms with van der Waals surface area (Å²) in [5.74, 6) is 0.536. The van der Waals surface area contributed by atoms with Crippen molar-refractivity contribution >= 4 is 21.8 Å². The van der Waals surface area contributed by atoms with Crippen molar-refractivity contribution in [3.63, 3.8) is 0 Å². The van der Waals surface area contributed by atoms with Gasteiger partial charge in [-0.05, 0) is 32.4 Å². The Kier molecular flexibility index (Phi) is 7.02. The maximum absolute atomic E-state index is 11.8. The SMILES string of the molecule is CCCC(C)NC(=O)COc1cc(Br)ccc1[C@@H](C)N. The van der Waals surface area contributed by atoms with E-state index in [1.165, 1.54) is 0 Å². The molecule has 2 atom stereocenters. The second-order valence-corrected chi connectivity index (χ2v) is 5.93. The number of nitrogens with one attached hydrogen (secondary N) is 1. The minimum atomic E-state index is -0.139. The van der Waals surface area contributed by atoms with Gasteiger partial charge in [-0.3, -0.25) is 4.79 Å². The summed E-state index contributed by atoms with van der Waals surface area (Å²) >= 11 is 3.39. The molecule has 0 saturated heterocycles. The van der Waals surface area contributed by atoms with Gasteiger partial charge < -0.3 is 15.8 Å². The van der Waals surface area contributed by atoms with Gasteiger partial charge in [-0.2, -0.15) is 0 Å². The van der Waals surface area contributed by atoms with Crippen LogP contribution in [0.15, 0.2) is 22.7 Å². The summed E-state index contributed by atoms with van der Waals surface area (Å²) in [5, 5.41) is 2.91. The third kappa shape index (κ3) is 5.51. The van der Waals surface area contributed by atoms with E-state index in [4.69, 9.17) is 10.5 Å². The molecule has 3 N–H and O–H groups in total. The van der Waals surface area contributed by atoms with E-state index < -0.39 is 0 Å². The molecule has 0 aliphatic heterocycles. The van der Waals surface area contributed by atoms with Crippen molar-refractivity contribution in [3.05, 3.63) is 28.2 Å². The minimum absolute atomic E-state index is 0.00419. The fourth-order valence-corrected chi connectivity index (χ4v) is 2.31. The van der Waals surface area contributed by atoms with E-state index in [1.807, 2.05) is 32.0 Å². The van der Waals surface area contributed by atoms with Gasteiger partial charge in [-0.1, -0.05) is 35.3 Å². The summed E-state index contributed by atoms with van der Waals surface area (Å²) < 4.78 is 6.50. The molecular weight excluding hydrogens is 320 g/mol. The summed E-state index contributed by atoms with van der Waals surface area (Å²) in [4.78, 5) is 11.8. The molecule has 0 aliphatic carbocycles. The molecular formula is C15H23BrN2O2. The lowest BCUT2D eigenvalue weighted by molar-refractivity contribution is -0.123. The molecule has 0 radical (unpaired) electrons. The topological polar surface area (TPSA) is 64.3 Å². The maximum atomic E-state index is 11.8. The highest BCUT2D eigenvalue weighted by Gasteiger charge is 2.12. The molecule has 0 saturated carbocycles. The zero-order valence-electron chi connectivity index (χ0n) is 12.3. The molecule has 112 valence electrons. The first-order valence-corrected chi connectivity index (χ1v) is 7.70. The van der Waals surface area contributed by atoms with E-state index in [2.05, 4.69) is 28.2 Å². The molecule has 0 spiro atoms. The van der Waals surface area contributed by atoms with Crippen LogP contribution in [-0.2, 0) is 4.79 Å². The molecule has 0 heterocycles.